The van der Waals surface area contributed by atoms with Crippen molar-refractivity contribution in [1.82, 2.24) is 14.5 Å². The zero-order valence-corrected chi connectivity index (χ0v) is 20.2. The second-order valence-corrected chi connectivity index (χ2v) is 11.2. The molecule has 2 aromatic carbocycles. The van der Waals surface area contributed by atoms with Gasteiger partial charge in [-0.1, -0.05) is 30.8 Å². The lowest BCUT2D eigenvalue weighted by Gasteiger charge is -2.33. The Kier molecular flexibility index (Phi) is 6.48. The minimum Gasteiger partial charge on any atom is -0.354 e. The van der Waals surface area contributed by atoms with Crippen LogP contribution in [0.1, 0.15) is 34.3 Å². The fourth-order valence-electron chi connectivity index (χ4n) is 5.20. The molecule has 2 fully saturated rings. The van der Waals surface area contributed by atoms with E-state index in [1.807, 2.05) is 18.2 Å². The molecule has 3 unspecified atom stereocenters. The molecule has 9 heteroatoms. The molecule has 3 aliphatic rings. The number of ether oxygens (including phenoxy) is 1. The number of amides is 2. The summed E-state index contributed by atoms with van der Waals surface area (Å²) in [5.74, 6) is -0.205. The molecule has 0 spiro atoms. The van der Waals surface area contributed by atoms with Gasteiger partial charge in [-0.25, -0.2) is 8.42 Å². The maximum Gasteiger partial charge on any atom is 0.254 e. The van der Waals surface area contributed by atoms with Crippen LogP contribution in [0.15, 0.2) is 66.1 Å². The summed E-state index contributed by atoms with van der Waals surface area (Å²) in [6, 6.07) is 14.3. The van der Waals surface area contributed by atoms with Crippen LogP contribution < -0.4 is 5.32 Å². The lowest BCUT2D eigenvalue weighted by atomic mass is 9.94. The minimum absolute atomic E-state index is 0.101. The molecular weight excluding hydrogens is 466 g/mol. The third-order valence-electron chi connectivity index (χ3n) is 7.16. The summed E-state index contributed by atoms with van der Waals surface area (Å²) in [6.45, 7) is 5.27. The van der Waals surface area contributed by atoms with E-state index in [0.29, 0.717) is 38.0 Å². The molecular formula is C26H29N3O5S. The van der Waals surface area contributed by atoms with Gasteiger partial charge in [0.15, 0.2) is 0 Å². The van der Waals surface area contributed by atoms with E-state index in [4.69, 9.17) is 4.74 Å². The van der Waals surface area contributed by atoms with Gasteiger partial charge in [-0.05, 0) is 66.6 Å². The third kappa shape index (κ3) is 4.76. The van der Waals surface area contributed by atoms with Gasteiger partial charge in [0, 0.05) is 31.7 Å². The van der Waals surface area contributed by atoms with Crippen molar-refractivity contribution in [3.8, 4) is 0 Å². The van der Waals surface area contributed by atoms with Crippen LogP contribution in [0.4, 0.5) is 0 Å². The summed E-state index contributed by atoms with van der Waals surface area (Å²) in [5, 5.41) is 2.74. The molecule has 35 heavy (non-hydrogen) atoms. The topological polar surface area (TPSA) is 96.0 Å². The fraction of sp³-hybridized carbons (Fsp3) is 0.385. The Labute approximate surface area is 205 Å². The molecule has 2 amide bonds. The lowest BCUT2D eigenvalue weighted by Crippen LogP contribution is -2.45. The molecule has 0 aromatic heterocycles. The predicted octanol–water partition coefficient (Wildman–Crippen LogP) is 2.31. The highest BCUT2D eigenvalue weighted by atomic mass is 32.2. The van der Waals surface area contributed by atoms with Gasteiger partial charge in [0.05, 0.1) is 11.0 Å². The Balaban J connectivity index is 1.24. The standard InChI is InChI=1S/C26H29N3O5S/c1-2-24(30)27-25-15-20-12-14-29(17-23(20)34-25)35(32,33)22-9-7-19(8-10-22)26(31)28-13-11-18-5-3-4-6-21(18)16-28/h2-10,20,23,25H,1,11-17H2,(H,27,30). The largest absolute Gasteiger partial charge is 0.354 e. The molecule has 8 nitrogen and oxygen atoms in total. The summed E-state index contributed by atoms with van der Waals surface area (Å²) in [4.78, 5) is 26.6. The molecule has 3 atom stereocenters. The third-order valence-corrected chi connectivity index (χ3v) is 9.04. The Morgan fingerprint density at radius 3 is 2.54 bits per heavy atom. The molecule has 0 saturated carbocycles. The smallest absolute Gasteiger partial charge is 0.254 e. The van der Waals surface area contributed by atoms with E-state index >= 15 is 0 Å². The number of sulfonamides is 1. The molecule has 3 aliphatic heterocycles. The van der Waals surface area contributed by atoms with Crippen LogP contribution in [-0.4, -0.2) is 61.4 Å². The van der Waals surface area contributed by atoms with Crippen molar-refractivity contribution in [2.75, 3.05) is 19.6 Å². The molecule has 0 aliphatic carbocycles. The first-order chi connectivity index (χ1) is 16.8. The van der Waals surface area contributed by atoms with Gasteiger partial charge in [0.1, 0.15) is 6.23 Å². The van der Waals surface area contributed by atoms with Gasteiger partial charge < -0.3 is 15.0 Å². The number of benzene rings is 2. The SMILES string of the molecule is C=CC(=O)NC1CC2CCN(S(=O)(=O)c3ccc(C(=O)N4CCc5ccccc5C4)cc3)CC2O1. The first-order valence-corrected chi connectivity index (χ1v) is 13.3. The first kappa shape index (κ1) is 23.7. The second-order valence-electron chi connectivity index (χ2n) is 9.29. The van der Waals surface area contributed by atoms with Crippen LogP contribution in [0.3, 0.4) is 0 Å². The Bertz CT molecular complexity index is 1240. The Morgan fingerprint density at radius 2 is 1.80 bits per heavy atom. The number of nitrogens with zero attached hydrogens (tertiary/aromatic N) is 2. The first-order valence-electron chi connectivity index (χ1n) is 11.9. The highest BCUT2D eigenvalue weighted by molar-refractivity contribution is 7.89. The van der Waals surface area contributed by atoms with Gasteiger partial charge in [-0.3, -0.25) is 9.59 Å². The maximum atomic E-state index is 13.3. The van der Waals surface area contributed by atoms with Crippen molar-refractivity contribution >= 4 is 21.8 Å². The average Bonchev–Trinajstić information content (AvgIpc) is 3.29. The second kappa shape index (κ2) is 9.56. The molecule has 184 valence electrons. The number of fused-ring (bicyclic) bond motifs is 2. The van der Waals surface area contributed by atoms with Crippen LogP contribution in [0.25, 0.3) is 0 Å². The quantitative estimate of drug-likeness (QED) is 0.643. The van der Waals surface area contributed by atoms with Crippen molar-refractivity contribution in [3.63, 3.8) is 0 Å². The fourth-order valence-corrected chi connectivity index (χ4v) is 6.67. The Hall–Kier alpha value is -3.01. The van der Waals surface area contributed by atoms with Gasteiger partial charge in [0.25, 0.3) is 5.91 Å². The van der Waals surface area contributed by atoms with Crippen LogP contribution in [-0.2, 0) is 32.5 Å². The number of hydrogen-bond acceptors (Lipinski definition) is 5. The number of nitrogens with one attached hydrogen (secondary N) is 1. The van der Waals surface area contributed by atoms with E-state index in [2.05, 4.69) is 18.0 Å². The normalized spacial score (nSPS) is 24.3. The summed E-state index contributed by atoms with van der Waals surface area (Å²) in [6.07, 6.45) is 2.64. The van der Waals surface area contributed by atoms with Crippen molar-refractivity contribution in [2.45, 2.75) is 43.0 Å². The van der Waals surface area contributed by atoms with Crippen molar-refractivity contribution in [1.29, 1.82) is 0 Å². The van der Waals surface area contributed by atoms with Gasteiger partial charge in [-0.15, -0.1) is 0 Å². The molecule has 3 heterocycles. The van der Waals surface area contributed by atoms with Crippen LogP contribution in [0.2, 0.25) is 0 Å². The highest BCUT2D eigenvalue weighted by Gasteiger charge is 2.42. The van der Waals surface area contributed by atoms with Crippen molar-refractivity contribution < 1.29 is 22.7 Å². The summed E-state index contributed by atoms with van der Waals surface area (Å²) in [7, 11) is -3.73. The molecule has 0 bridgehead atoms. The lowest BCUT2D eigenvalue weighted by molar-refractivity contribution is -0.120. The molecule has 1 N–H and O–H groups in total. The zero-order chi connectivity index (χ0) is 24.6. The number of piperidine rings is 1. The molecule has 0 radical (unpaired) electrons. The van der Waals surface area contributed by atoms with Crippen molar-refractivity contribution in [3.05, 3.63) is 77.9 Å². The van der Waals surface area contributed by atoms with Gasteiger partial charge in [-0.2, -0.15) is 4.31 Å². The van der Waals surface area contributed by atoms with E-state index in [1.165, 1.54) is 28.1 Å². The van der Waals surface area contributed by atoms with Crippen LogP contribution >= 0.6 is 0 Å². The van der Waals surface area contributed by atoms with Gasteiger partial charge in [0.2, 0.25) is 15.9 Å². The number of carbonyl (C=O) groups is 2. The molecule has 5 rings (SSSR count). The maximum absolute atomic E-state index is 13.3. The van der Waals surface area contributed by atoms with E-state index in [-0.39, 0.29) is 35.3 Å². The molecule has 2 saturated heterocycles. The summed E-state index contributed by atoms with van der Waals surface area (Å²) >= 11 is 0. The van der Waals surface area contributed by atoms with E-state index in [1.54, 1.807) is 17.0 Å². The van der Waals surface area contributed by atoms with E-state index in [0.717, 1.165) is 12.0 Å². The minimum atomic E-state index is -3.73. The zero-order valence-electron chi connectivity index (χ0n) is 19.4. The van der Waals surface area contributed by atoms with E-state index < -0.39 is 16.3 Å². The monoisotopic (exact) mass is 495 g/mol. The van der Waals surface area contributed by atoms with Crippen molar-refractivity contribution in [2.24, 2.45) is 5.92 Å². The van der Waals surface area contributed by atoms with E-state index in [9.17, 15) is 18.0 Å². The predicted molar refractivity (Wildman–Crippen MR) is 130 cm³/mol. The number of hydrogen-bond donors (Lipinski definition) is 1. The number of rotatable bonds is 5. The number of carbonyl (C=O) groups excluding carboxylic acids is 2. The molecule has 2 aromatic rings. The average molecular weight is 496 g/mol. The van der Waals surface area contributed by atoms with Crippen LogP contribution in [0.5, 0.6) is 0 Å². The summed E-state index contributed by atoms with van der Waals surface area (Å²) in [5.41, 5.74) is 2.89. The highest BCUT2D eigenvalue weighted by Crippen LogP contribution is 2.34. The summed E-state index contributed by atoms with van der Waals surface area (Å²) < 4.78 is 33.9. The Morgan fingerprint density at radius 1 is 1.06 bits per heavy atom. The van der Waals surface area contributed by atoms with Gasteiger partial charge >= 0.3 is 0 Å². The van der Waals surface area contributed by atoms with Crippen LogP contribution in [0, 0.1) is 5.92 Å².